The number of carbonyl (C=O) groups is 2. The molecule has 2 aliphatic rings. The van der Waals surface area contributed by atoms with Gasteiger partial charge in [0, 0.05) is 13.1 Å². The Kier molecular flexibility index (Phi) is 5.46. The highest BCUT2D eigenvalue weighted by Gasteiger charge is 2.31. The fraction of sp³-hybridized carbons (Fsp3) is 0.579. The molecule has 6 nitrogen and oxygen atoms in total. The zero-order valence-corrected chi connectivity index (χ0v) is 15.0. The van der Waals surface area contributed by atoms with E-state index in [0.29, 0.717) is 18.2 Å². The average molecular weight is 345 g/mol. The molecule has 1 saturated carbocycles. The monoisotopic (exact) mass is 345 g/mol. The molecule has 1 aromatic rings. The SMILES string of the molecule is CNC(=O)[C@@H]1CN(CC(=O)N[C@@H]2CCCC[C@@H]2C)c2ccccc2O1. The molecule has 1 heterocycles. The normalized spacial score (nSPS) is 25.5. The third-order valence-corrected chi connectivity index (χ3v) is 5.19. The maximum atomic E-state index is 12.6. The summed E-state index contributed by atoms with van der Waals surface area (Å²) in [4.78, 5) is 26.5. The maximum absolute atomic E-state index is 12.6. The van der Waals surface area contributed by atoms with E-state index in [2.05, 4.69) is 17.6 Å². The van der Waals surface area contributed by atoms with E-state index in [9.17, 15) is 9.59 Å². The Balaban J connectivity index is 1.69. The molecule has 0 radical (unpaired) electrons. The first kappa shape index (κ1) is 17.6. The number of rotatable bonds is 4. The third kappa shape index (κ3) is 4.06. The van der Waals surface area contributed by atoms with Gasteiger partial charge < -0.3 is 20.3 Å². The number of ether oxygens (including phenoxy) is 1. The predicted octanol–water partition coefficient (Wildman–Crippen LogP) is 1.69. The number of fused-ring (bicyclic) bond motifs is 1. The Morgan fingerprint density at radius 3 is 2.76 bits per heavy atom. The van der Waals surface area contributed by atoms with Gasteiger partial charge in [-0.2, -0.15) is 0 Å². The lowest BCUT2D eigenvalue weighted by atomic mass is 9.86. The second-order valence-electron chi connectivity index (χ2n) is 7.00. The van der Waals surface area contributed by atoms with Gasteiger partial charge in [0.1, 0.15) is 5.75 Å². The van der Waals surface area contributed by atoms with Gasteiger partial charge in [-0.05, 0) is 30.9 Å². The van der Waals surface area contributed by atoms with Crippen molar-refractivity contribution >= 4 is 17.5 Å². The lowest BCUT2D eigenvalue weighted by Crippen LogP contribution is -2.52. The van der Waals surface area contributed by atoms with E-state index >= 15 is 0 Å². The highest BCUT2D eigenvalue weighted by molar-refractivity contribution is 5.86. The van der Waals surface area contributed by atoms with Crippen LogP contribution in [0.25, 0.3) is 0 Å². The molecule has 1 aromatic carbocycles. The van der Waals surface area contributed by atoms with Crippen LogP contribution in [0.5, 0.6) is 5.75 Å². The summed E-state index contributed by atoms with van der Waals surface area (Å²) in [5.41, 5.74) is 0.856. The number of nitrogens with one attached hydrogen (secondary N) is 2. The molecule has 136 valence electrons. The number of nitrogens with zero attached hydrogens (tertiary/aromatic N) is 1. The summed E-state index contributed by atoms with van der Waals surface area (Å²) in [6.07, 6.45) is 4.03. The highest BCUT2D eigenvalue weighted by atomic mass is 16.5. The maximum Gasteiger partial charge on any atom is 0.262 e. The van der Waals surface area contributed by atoms with Crippen LogP contribution in [0, 0.1) is 5.92 Å². The lowest BCUT2D eigenvalue weighted by molar-refractivity contribution is -0.128. The summed E-state index contributed by atoms with van der Waals surface area (Å²) in [6, 6.07) is 7.79. The van der Waals surface area contributed by atoms with Gasteiger partial charge in [-0.25, -0.2) is 0 Å². The summed E-state index contributed by atoms with van der Waals surface area (Å²) in [6.45, 7) is 2.80. The number of amides is 2. The Morgan fingerprint density at radius 2 is 2.00 bits per heavy atom. The fourth-order valence-electron chi connectivity index (χ4n) is 3.71. The van der Waals surface area contributed by atoms with E-state index in [0.717, 1.165) is 12.1 Å². The van der Waals surface area contributed by atoms with E-state index < -0.39 is 6.10 Å². The number of benzene rings is 1. The Hall–Kier alpha value is -2.24. The molecule has 2 N–H and O–H groups in total. The van der Waals surface area contributed by atoms with E-state index in [1.54, 1.807) is 7.05 Å². The van der Waals surface area contributed by atoms with Gasteiger partial charge in [-0.3, -0.25) is 9.59 Å². The van der Waals surface area contributed by atoms with E-state index in [1.165, 1.54) is 19.3 Å². The minimum absolute atomic E-state index is 0.00566. The Bertz CT molecular complexity index is 634. The van der Waals surface area contributed by atoms with Crippen molar-refractivity contribution in [2.24, 2.45) is 5.92 Å². The predicted molar refractivity (Wildman–Crippen MR) is 96.7 cm³/mol. The molecule has 1 fully saturated rings. The molecule has 3 atom stereocenters. The van der Waals surface area contributed by atoms with Crippen molar-refractivity contribution in [2.45, 2.75) is 44.8 Å². The molecule has 1 aliphatic heterocycles. The minimum atomic E-state index is -0.610. The van der Waals surface area contributed by atoms with Crippen LogP contribution in [0.15, 0.2) is 24.3 Å². The van der Waals surface area contributed by atoms with Gasteiger partial charge in [0.05, 0.1) is 18.8 Å². The Morgan fingerprint density at radius 1 is 1.24 bits per heavy atom. The molecule has 6 heteroatoms. The average Bonchev–Trinajstić information content (AvgIpc) is 2.62. The number of hydrogen-bond acceptors (Lipinski definition) is 4. The highest BCUT2D eigenvalue weighted by Crippen LogP contribution is 2.33. The molecule has 1 aliphatic carbocycles. The van der Waals surface area contributed by atoms with Gasteiger partial charge >= 0.3 is 0 Å². The van der Waals surface area contributed by atoms with Crippen molar-refractivity contribution in [2.75, 3.05) is 25.0 Å². The lowest BCUT2D eigenvalue weighted by Gasteiger charge is -2.36. The van der Waals surface area contributed by atoms with Crippen LogP contribution in [0.1, 0.15) is 32.6 Å². The summed E-state index contributed by atoms with van der Waals surface area (Å²) < 4.78 is 5.78. The standard InChI is InChI=1S/C19H27N3O3/c1-13-7-3-4-8-14(13)21-18(23)12-22-11-17(19(24)20-2)25-16-10-6-5-9-15(16)22/h5-6,9-10,13-14,17H,3-4,7-8,11-12H2,1-2H3,(H,20,24)(H,21,23)/t13-,14+,17-/m0/s1. The Labute approximate surface area is 148 Å². The van der Waals surface area contributed by atoms with Gasteiger partial charge in [-0.1, -0.05) is 31.9 Å². The minimum Gasteiger partial charge on any atom is -0.477 e. The molecule has 3 rings (SSSR count). The quantitative estimate of drug-likeness (QED) is 0.871. The van der Waals surface area contributed by atoms with E-state index in [4.69, 9.17) is 4.74 Å². The molecular formula is C19H27N3O3. The fourth-order valence-corrected chi connectivity index (χ4v) is 3.71. The number of para-hydroxylation sites is 2. The number of anilines is 1. The largest absolute Gasteiger partial charge is 0.477 e. The third-order valence-electron chi connectivity index (χ3n) is 5.19. The zero-order valence-electron chi connectivity index (χ0n) is 15.0. The summed E-state index contributed by atoms with van der Waals surface area (Å²) in [5.74, 6) is 0.987. The van der Waals surface area contributed by atoms with Crippen molar-refractivity contribution < 1.29 is 14.3 Å². The van der Waals surface area contributed by atoms with Crippen molar-refractivity contribution in [3.8, 4) is 5.75 Å². The number of hydrogen-bond donors (Lipinski definition) is 2. The van der Waals surface area contributed by atoms with Crippen LogP contribution in [0.2, 0.25) is 0 Å². The molecule has 0 aromatic heterocycles. The van der Waals surface area contributed by atoms with Crippen molar-refractivity contribution in [3.05, 3.63) is 24.3 Å². The molecule has 2 amide bonds. The zero-order chi connectivity index (χ0) is 17.8. The van der Waals surface area contributed by atoms with Gasteiger partial charge in [0.25, 0.3) is 5.91 Å². The molecular weight excluding hydrogens is 318 g/mol. The van der Waals surface area contributed by atoms with Crippen LogP contribution in [-0.4, -0.2) is 44.1 Å². The van der Waals surface area contributed by atoms with E-state index in [-0.39, 0.29) is 24.4 Å². The van der Waals surface area contributed by atoms with E-state index in [1.807, 2.05) is 29.2 Å². The number of carbonyl (C=O) groups excluding carboxylic acids is 2. The topological polar surface area (TPSA) is 70.7 Å². The van der Waals surface area contributed by atoms with Crippen molar-refractivity contribution in [3.63, 3.8) is 0 Å². The smallest absolute Gasteiger partial charge is 0.262 e. The van der Waals surface area contributed by atoms with Gasteiger partial charge in [0.15, 0.2) is 6.10 Å². The summed E-state index contributed by atoms with van der Waals surface area (Å²) in [5, 5.41) is 5.80. The van der Waals surface area contributed by atoms with Crippen LogP contribution in [0.3, 0.4) is 0 Å². The first-order valence-electron chi connectivity index (χ1n) is 9.10. The summed E-state index contributed by atoms with van der Waals surface area (Å²) >= 11 is 0. The van der Waals surface area contributed by atoms with Gasteiger partial charge in [-0.15, -0.1) is 0 Å². The second-order valence-corrected chi connectivity index (χ2v) is 7.00. The van der Waals surface area contributed by atoms with Crippen molar-refractivity contribution in [1.29, 1.82) is 0 Å². The van der Waals surface area contributed by atoms with Crippen LogP contribution >= 0.6 is 0 Å². The molecule has 0 saturated heterocycles. The first-order valence-corrected chi connectivity index (χ1v) is 9.10. The summed E-state index contributed by atoms with van der Waals surface area (Å²) in [7, 11) is 1.59. The van der Waals surface area contributed by atoms with Gasteiger partial charge in [0.2, 0.25) is 5.91 Å². The van der Waals surface area contributed by atoms with Crippen LogP contribution < -0.4 is 20.3 Å². The first-order chi connectivity index (χ1) is 12.1. The molecule has 0 spiro atoms. The van der Waals surface area contributed by atoms with Crippen LogP contribution in [0.4, 0.5) is 5.69 Å². The molecule has 0 unspecified atom stereocenters. The second kappa shape index (κ2) is 7.76. The molecule has 0 bridgehead atoms. The molecule has 25 heavy (non-hydrogen) atoms. The van der Waals surface area contributed by atoms with Crippen LogP contribution in [-0.2, 0) is 9.59 Å². The number of likely N-dealkylation sites (N-methyl/N-ethyl adjacent to an activating group) is 1. The van der Waals surface area contributed by atoms with Crippen molar-refractivity contribution in [1.82, 2.24) is 10.6 Å².